The minimum Gasteiger partial charge on any atom is -0.314 e. The van der Waals surface area contributed by atoms with Crippen molar-refractivity contribution in [3.63, 3.8) is 0 Å². The fraction of sp³-hybridized carbons (Fsp3) is 1.00. The third-order valence-corrected chi connectivity index (χ3v) is 5.61. The number of hydrogen-bond acceptors (Lipinski definition) is 4. The van der Waals surface area contributed by atoms with Gasteiger partial charge in [-0.1, -0.05) is 0 Å². The summed E-state index contributed by atoms with van der Waals surface area (Å²) in [6.45, 7) is 6.12. The molecule has 1 N–H and O–H groups in total. The van der Waals surface area contributed by atoms with Crippen LogP contribution in [0.4, 0.5) is 0 Å². The molecule has 2 atom stereocenters. The molecule has 2 fully saturated rings. The van der Waals surface area contributed by atoms with E-state index in [-0.39, 0.29) is 0 Å². The molecular formula is C12H24N2O2S. The molecule has 2 unspecified atom stereocenters. The van der Waals surface area contributed by atoms with E-state index in [1.807, 2.05) is 0 Å². The van der Waals surface area contributed by atoms with Gasteiger partial charge in [-0.05, 0) is 45.2 Å². The lowest BCUT2D eigenvalue weighted by Crippen LogP contribution is -2.41. The maximum absolute atomic E-state index is 11.5. The van der Waals surface area contributed by atoms with Gasteiger partial charge in [0.1, 0.15) is 0 Å². The van der Waals surface area contributed by atoms with Gasteiger partial charge in [0.2, 0.25) is 0 Å². The van der Waals surface area contributed by atoms with E-state index in [9.17, 15) is 8.42 Å². The summed E-state index contributed by atoms with van der Waals surface area (Å²) in [6.07, 6.45) is 3.26. The Hall–Kier alpha value is -0.130. The van der Waals surface area contributed by atoms with E-state index in [0.717, 1.165) is 38.5 Å². The first kappa shape index (κ1) is 13.3. The number of nitrogens with one attached hydrogen (secondary N) is 1. The molecule has 0 bridgehead atoms. The maximum atomic E-state index is 11.5. The van der Waals surface area contributed by atoms with Gasteiger partial charge in [-0.3, -0.25) is 0 Å². The van der Waals surface area contributed by atoms with Crippen LogP contribution < -0.4 is 5.32 Å². The highest BCUT2D eigenvalue weighted by Gasteiger charge is 2.24. The summed E-state index contributed by atoms with van der Waals surface area (Å²) in [4.78, 5) is 2.35. The van der Waals surface area contributed by atoms with Crippen molar-refractivity contribution in [2.45, 2.75) is 32.2 Å². The largest absolute Gasteiger partial charge is 0.314 e. The zero-order valence-electron chi connectivity index (χ0n) is 10.7. The molecule has 0 aromatic heterocycles. The molecule has 0 aromatic carbocycles. The predicted molar refractivity (Wildman–Crippen MR) is 69.9 cm³/mol. The van der Waals surface area contributed by atoms with E-state index >= 15 is 0 Å². The number of sulfone groups is 1. The van der Waals surface area contributed by atoms with Crippen LogP contribution in [-0.4, -0.2) is 57.0 Å². The van der Waals surface area contributed by atoms with E-state index in [4.69, 9.17) is 0 Å². The van der Waals surface area contributed by atoms with Crippen molar-refractivity contribution in [1.29, 1.82) is 0 Å². The van der Waals surface area contributed by atoms with Crippen LogP contribution in [0.15, 0.2) is 0 Å². The standard InChI is InChI=1S/C12H24N2O2S/c1-11-9-12(3-4-13-11)10-14-5-2-7-17(15,16)8-6-14/h11-13H,2-10H2,1H3. The second kappa shape index (κ2) is 5.67. The van der Waals surface area contributed by atoms with Gasteiger partial charge in [0.15, 0.2) is 9.84 Å². The molecule has 0 amide bonds. The Kier molecular flexibility index (Phi) is 4.44. The van der Waals surface area contributed by atoms with E-state index in [1.54, 1.807) is 0 Å². The molecule has 0 spiro atoms. The third-order valence-electron chi connectivity index (χ3n) is 3.90. The zero-order valence-corrected chi connectivity index (χ0v) is 11.5. The molecule has 0 aromatic rings. The number of nitrogens with zero attached hydrogens (tertiary/aromatic N) is 1. The molecule has 5 heteroatoms. The smallest absolute Gasteiger partial charge is 0.151 e. The molecule has 2 saturated heterocycles. The average Bonchev–Trinajstić information content (AvgIpc) is 2.41. The van der Waals surface area contributed by atoms with Crippen LogP contribution in [0.2, 0.25) is 0 Å². The monoisotopic (exact) mass is 260 g/mol. The van der Waals surface area contributed by atoms with E-state index < -0.39 is 9.84 Å². The van der Waals surface area contributed by atoms with Crippen LogP contribution in [0.25, 0.3) is 0 Å². The Morgan fingerprint density at radius 1 is 1.29 bits per heavy atom. The van der Waals surface area contributed by atoms with Gasteiger partial charge in [0.25, 0.3) is 0 Å². The Bertz CT molecular complexity index is 342. The fourth-order valence-electron chi connectivity index (χ4n) is 2.94. The van der Waals surface area contributed by atoms with Gasteiger partial charge < -0.3 is 10.2 Å². The Balaban J connectivity index is 1.82. The van der Waals surface area contributed by atoms with Crippen LogP contribution in [0.3, 0.4) is 0 Å². The summed E-state index contributed by atoms with van der Waals surface area (Å²) in [5, 5.41) is 3.46. The first-order valence-corrected chi connectivity index (χ1v) is 8.53. The van der Waals surface area contributed by atoms with Crippen LogP contribution in [-0.2, 0) is 9.84 Å². The summed E-state index contributed by atoms with van der Waals surface area (Å²) in [5.74, 6) is 1.48. The Labute approximate surface area is 105 Å². The molecule has 2 rings (SSSR count). The minimum atomic E-state index is -2.76. The van der Waals surface area contributed by atoms with Gasteiger partial charge >= 0.3 is 0 Å². The van der Waals surface area contributed by atoms with Crippen LogP contribution in [0.1, 0.15) is 26.2 Å². The third kappa shape index (κ3) is 4.23. The average molecular weight is 260 g/mol. The van der Waals surface area contributed by atoms with Crippen molar-refractivity contribution in [3.8, 4) is 0 Å². The van der Waals surface area contributed by atoms with Crippen molar-refractivity contribution in [3.05, 3.63) is 0 Å². The number of rotatable bonds is 2. The molecule has 2 aliphatic rings. The lowest BCUT2D eigenvalue weighted by molar-refractivity contribution is 0.201. The lowest BCUT2D eigenvalue weighted by Gasteiger charge is -2.32. The van der Waals surface area contributed by atoms with Crippen LogP contribution in [0.5, 0.6) is 0 Å². The van der Waals surface area contributed by atoms with Crippen molar-refractivity contribution < 1.29 is 8.42 Å². The SMILES string of the molecule is CC1CC(CN2CCCS(=O)(=O)CC2)CCN1. The van der Waals surface area contributed by atoms with Crippen LogP contribution >= 0.6 is 0 Å². The van der Waals surface area contributed by atoms with E-state index in [0.29, 0.717) is 17.5 Å². The minimum absolute atomic E-state index is 0.355. The molecule has 100 valence electrons. The summed E-state index contributed by atoms with van der Waals surface area (Å²) >= 11 is 0. The highest BCUT2D eigenvalue weighted by Crippen LogP contribution is 2.18. The highest BCUT2D eigenvalue weighted by molar-refractivity contribution is 7.91. The first-order valence-electron chi connectivity index (χ1n) is 6.71. The van der Waals surface area contributed by atoms with Crippen molar-refractivity contribution >= 4 is 9.84 Å². The lowest BCUT2D eigenvalue weighted by atomic mass is 9.93. The van der Waals surface area contributed by atoms with E-state index in [2.05, 4.69) is 17.1 Å². The van der Waals surface area contributed by atoms with Crippen LogP contribution in [0, 0.1) is 5.92 Å². The van der Waals surface area contributed by atoms with E-state index in [1.165, 1.54) is 12.8 Å². The normalized spacial score (nSPS) is 35.4. The topological polar surface area (TPSA) is 49.4 Å². The maximum Gasteiger partial charge on any atom is 0.151 e. The molecule has 0 radical (unpaired) electrons. The molecule has 17 heavy (non-hydrogen) atoms. The summed E-state index contributed by atoms with van der Waals surface area (Å²) in [6, 6.07) is 0.615. The summed E-state index contributed by atoms with van der Waals surface area (Å²) in [7, 11) is -2.76. The highest BCUT2D eigenvalue weighted by atomic mass is 32.2. The molecular weight excluding hydrogens is 236 g/mol. The summed E-state index contributed by atoms with van der Waals surface area (Å²) < 4.78 is 23.0. The second-order valence-corrected chi connectivity index (χ2v) is 7.86. The van der Waals surface area contributed by atoms with Crippen molar-refractivity contribution in [2.24, 2.45) is 5.92 Å². The fourth-order valence-corrected chi connectivity index (χ4v) is 4.25. The van der Waals surface area contributed by atoms with Gasteiger partial charge in [-0.15, -0.1) is 0 Å². The molecule has 0 aliphatic carbocycles. The molecule has 0 saturated carbocycles. The number of piperidine rings is 1. The Morgan fingerprint density at radius 3 is 2.88 bits per heavy atom. The second-order valence-electron chi connectivity index (χ2n) is 5.55. The summed E-state index contributed by atoms with van der Waals surface area (Å²) in [5.41, 5.74) is 0. The zero-order chi connectivity index (χ0) is 12.3. The van der Waals surface area contributed by atoms with Gasteiger partial charge in [0, 0.05) is 19.1 Å². The quantitative estimate of drug-likeness (QED) is 0.785. The van der Waals surface area contributed by atoms with Crippen molar-refractivity contribution in [1.82, 2.24) is 10.2 Å². The first-order chi connectivity index (χ1) is 8.05. The predicted octanol–water partition coefficient (Wildman–Crippen LogP) is 0.495. The Morgan fingerprint density at radius 2 is 2.12 bits per heavy atom. The molecule has 2 heterocycles. The van der Waals surface area contributed by atoms with Gasteiger partial charge in [-0.2, -0.15) is 0 Å². The van der Waals surface area contributed by atoms with Gasteiger partial charge in [0.05, 0.1) is 11.5 Å². The molecule has 2 aliphatic heterocycles. The number of hydrogen-bond donors (Lipinski definition) is 1. The van der Waals surface area contributed by atoms with Crippen molar-refractivity contribution in [2.75, 3.05) is 37.7 Å². The molecule has 4 nitrogen and oxygen atoms in total. The van der Waals surface area contributed by atoms with Gasteiger partial charge in [-0.25, -0.2) is 8.42 Å².